The van der Waals surface area contributed by atoms with Gasteiger partial charge >= 0.3 is 6.01 Å². The highest BCUT2D eigenvalue weighted by Crippen LogP contribution is 2.11. The van der Waals surface area contributed by atoms with Crippen LogP contribution in [0.25, 0.3) is 0 Å². The van der Waals surface area contributed by atoms with E-state index in [1.165, 1.54) is 0 Å². The average Bonchev–Trinajstić information content (AvgIpc) is 2.62. The summed E-state index contributed by atoms with van der Waals surface area (Å²) in [6, 6.07) is 0.574. The lowest BCUT2D eigenvalue weighted by atomic mass is 10.4. The van der Waals surface area contributed by atoms with Crippen LogP contribution in [0.4, 0.5) is 6.01 Å². The molecule has 0 saturated carbocycles. The number of hydrogen-bond acceptors (Lipinski definition) is 5. The molecule has 74 valence electrons. The fourth-order valence-corrected chi connectivity index (χ4v) is 1.11. The smallest absolute Gasteiger partial charge is 0.318 e. The zero-order valence-corrected chi connectivity index (χ0v) is 8.16. The largest absolute Gasteiger partial charge is 0.407 e. The number of rotatable bonds is 5. The molecule has 5 nitrogen and oxygen atoms in total. The molecule has 0 aliphatic rings. The summed E-state index contributed by atoms with van der Waals surface area (Å²) in [5.74, 6) is 0.490. The number of hydrogen-bond donors (Lipinski definition) is 1. The Morgan fingerprint density at radius 3 is 2.62 bits per heavy atom. The predicted octanol–water partition coefficient (Wildman–Crippen LogP) is 0.765. The van der Waals surface area contributed by atoms with E-state index < -0.39 is 0 Å². The van der Waals surface area contributed by atoms with Crippen molar-refractivity contribution in [3.8, 4) is 0 Å². The maximum Gasteiger partial charge on any atom is 0.318 e. The molecule has 0 spiro atoms. The molecule has 0 atom stereocenters. The van der Waals surface area contributed by atoms with Gasteiger partial charge in [-0.05, 0) is 13.3 Å². The number of aromatic nitrogens is 2. The first-order valence-electron chi connectivity index (χ1n) is 4.59. The van der Waals surface area contributed by atoms with Crippen molar-refractivity contribution in [2.24, 2.45) is 5.73 Å². The Morgan fingerprint density at radius 1 is 1.38 bits per heavy atom. The first kappa shape index (κ1) is 9.98. The van der Waals surface area contributed by atoms with Crippen LogP contribution in [-0.2, 0) is 6.54 Å². The number of nitrogens with zero attached hydrogens (tertiary/aromatic N) is 3. The summed E-state index contributed by atoms with van der Waals surface area (Å²) in [7, 11) is 0. The van der Waals surface area contributed by atoms with Gasteiger partial charge in [-0.1, -0.05) is 12.0 Å². The highest BCUT2D eigenvalue weighted by Gasteiger charge is 2.10. The van der Waals surface area contributed by atoms with E-state index in [2.05, 4.69) is 24.0 Å². The maximum absolute atomic E-state index is 5.36. The second-order valence-electron chi connectivity index (χ2n) is 2.76. The van der Waals surface area contributed by atoms with Crippen LogP contribution in [0.3, 0.4) is 0 Å². The van der Waals surface area contributed by atoms with Crippen molar-refractivity contribution in [2.45, 2.75) is 26.8 Å². The van der Waals surface area contributed by atoms with Crippen molar-refractivity contribution in [1.82, 2.24) is 10.2 Å². The molecule has 13 heavy (non-hydrogen) atoms. The van der Waals surface area contributed by atoms with E-state index in [-0.39, 0.29) is 0 Å². The van der Waals surface area contributed by atoms with E-state index in [9.17, 15) is 0 Å². The van der Waals surface area contributed by atoms with E-state index in [4.69, 9.17) is 10.2 Å². The molecule has 1 rings (SSSR count). The molecule has 0 radical (unpaired) electrons. The van der Waals surface area contributed by atoms with Crippen molar-refractivity contribution in [3.05, 3.63) is 5.89 Å². The van der Waals surface area contributed by atoms with Gasteiger partial charge in [0.2, 0.25) is 5.89 Å². The maximum atomic E-state index is 5.36. The molecule has 1 aromatic rings. The molecule has 0 aromatic carbocycles. The standard InChI is InChI=1S/C8H16N4O/c1-3-5-12(4-2)8-11-10-7(6-9)13-8/h3-6,9H2,1-2H3. The first-order valence-corrected chi connectivity index (χ1v) is 4.59. The van der Waals surface area contributed by atoms with Gasteiger partial charge in [0.05, 0.1) is 6.54 Å². The summed E-state index contributed by atoms with van der Waals surface area (Å²) in [6.45, 7) is 6.28. The molecular formula is C8H16N4O. The molecule has 5 heteroatoms. The normalized spacial score (nSPS) is 10.4. The SMILES string of the molecule is CCCN(CC)c1nnc(CN)o1. The van der Waals surface area contributed by atoms with E-state index in [0.29, 0.717) is 18.5 Å². The monoisotopic (exact) mass is 184 g/mol. The van der Waals surface area contributed by atoms with Crippen molar-refractivity contribution < 1.29 is 4.42 Å². The van der Waals surface area contributed by atoms with E-state index in [1.807, 2.05) is 4.90 Å². The Kier molecular flexibility index (Phi) is 3.70. The summed E-state index contributed by atoms with van der Waals surface area (Å²) in [6.07, 6.45) is 1.06. The summed E-state index contributed by atoms with van der Waals surface area (Å²) < 4.78 is 5.32. The predicted molar refractivity (Wildman–Crippen MR) is 50.4 cm³/mol. The van der Waals surface area contributed by atoms with E-state index >= 15 is 0 Å². The quantitative estimate of drug-likeness (QED) is 0.731. The lowest BCUT2D eigenvalue weighted by Gasteiger charge is -2.15. The van der Waals surface area contributed by atoms with Crippen molar-refractivity contribution in [3.63, 3.8) is 0 Å². The fourth-order valence-electron chi connectivity index (χ4n) is 1.11. The van der Waals surface area contributed by atoms with Crippen LogP contribution in [0, 0.1) is 0 Å². The molecule has 0 aliphatic heterocycles. The summed E-state index contributed by atoms with van der Waals surface area (Å²) >= 11 is 0. The van der Waals surface area contributed by atoms with Gasteiger partial charge in [-0.25, -0.2) is 0 Å². The first-order chi connectivity index (χ1) is 6.31. The Labute approximate surface area is 77.9 Å². The van der Waals surface area contributed by atoms with Gasteiger partial charge in [-0.2, -0.15) is 0 Å². The molecule has 0 bridgehead atoms. The number of nitrogens with two attached hydrogens (primary N) is 1. The van der Waals surface area contributed by atoms with Crippen LogP contribution in [-0.4, -0.2) is 23.3 Å². The van der Waals surface area contributed by atoms with Gasteiger partial charge in [0, 0.05) is 13.1 Å². The topological polar surface area (TPSA) is 68.2 Å². The van der Waals surface area contributed by atoms with Crippen LogP contribution >= 0.6 is 0 Å². The molecule has 0 saturated heterocycles. The molecule has 2 N–H and O–H groups in total. The Morgan fingerprint density at radius 2 is 2.15 bits per heavy atom. The zero-order valence-electron chi connectivity index (χ0n) is 8.16. The Hall–Kier alpha value is -1.10. The summed E-state index contributed by atoms with van der Waals surface area (Å²) in [4.78, 5) is 2.03. The average molecular weight is 184 g/mol. The fraction of sp³-hybridized carbons (Fsp3) is 0.750. The minimum Gasteiger partial charge on any atom is -0.407 e. The number of anilines is 1. The summed E-state index contributed by atoms with van der Waals surface area (Å²) in [5, 5.41) is 7.71. The van der Waals surface area contributed by atoms with E-state index in [1.54, 1.807) is 0 Å². The van der Waals surface area contributed by atoms with Gasteiger partial charge in [-0.15, -0.1) is 5.10 Å². The third-order valence-corrected chi connectivity index (χ3v) is 1.78. The van der Waals surface area contributed by atoms with Crippen LogP contribution in [0.1, 0.15) is 26.2 Å². The lowest BCUT2D eigenvalue weighted by Crippen LogP contribution is -2.23. The van der Waals surface area contributed by atoms with Gasteiger partial charge in [0.1, 0.15) is 0 Å². The second-order valence-corrected chi connectivity index (χ2v) is 2.76. The Balaban J connectivity index is 2.67. The van der Waals surface area contributed by atoms with Crippen molar-refractivity contribution in [1.29, 1.82) is 0 Å². The van der Waals surface area contributed by atoms with Crippen LogP contribution in [0.15, 0.2) is 4.42 Å². The van der Waals surface area contributed by atoms with Crippen LogP contribution in [0.5, 0.6) is 0 Å². The molecule has 1 aromatic heterocycles. The minimum absolute atomic E-state index is 0.302. The summed E-state index contributed by atoms with van der Waals surface area (Å²) in [5.41, 5.74) is 5.36. The molecule has 0 fully saturated rings. The highest BCUT2D eigenvalue weighted by atomic mass is 16.4. The molecular weight excluding hydrogens is 168 g/mol. The third kappa shape index (κ3) is 2.42. The van der Waals surface area contributed by atoms with E-state index in [0.717, 1.165) is 19.5 Å². The molecule has 0 unspecified atom stereocenters. The van der Waals surface area contributed by atoms with Gasteiger partial charge in [-0.3, -0.25) is 0 Å². The molecule has 1 heterocycles. The highest BCUT2D eigenvalue weighted by molar-refractivity contribution is 5.22. The van der Waals surface area contributed by atoms with Gasteiger partial charge in [0.15, 0.2) is 0 Å². The lowest BCUT2D eigenvalue weighted by molar-refractivity contribution is 0.485. The third-order valence-electron chi connectivity index (χ3n) is 1.78. The van der Waals surface area contributed by atoms with Crippen molar-refractivity contribution >= 4 is 6.01 Å². The van der Waals surface area contributed by atoms with Crippen LogP contribution in [0.2, 0.25) is 0 Å². The molecule has 0 aliphatic carbocycles. The molecule has 0 amide bonds. The van der Waals surface area contributed by atoms with Crippen molar-refractivity contribution in [2.75, 3.05) is 18.0 Å². The second kappa shape index (κ2) is 4.81. The van der Waals surface area contributed by atoms with Gasteiger partial charge < -0.3 is 15.1 Å². The van der Waals surface area contributed by atoms with Gasteiger partial charge in [0.25, 0.3) is 0 Å². The minimum atomic E-state index is 0.302. The zero-order chi connectivity index (χ0) is 9.68. The van der Waals surface area contributed by atoms with Crippen LogP contribution < -0.4 is 10.6 Å². The Bertz CT molecular complexity index is 248.